The van der Waals surface area contributed by atoms with Crippen molar-refractivity contribution in [3.63, 3.8) is 0 Å². The van der Waals surface area contributed by atoms with Crippen molar-refractivity contribution in [3.05, 3.63) is 54.6 Å². The molecule has 1 amide bonds. The van der Waals surface area contributed by atoms with E-state index in [4.69, 9.17) is 4.74 Å². The Labute approximate surface area is 168 Å². The first kappa shape index (κ1) is 20.4. The highest BCUT2D eigenvalue weighted by atomic mass is 16.5. The SMILES string of the molecule is CNCCC1CCN(CCC(=O)Nc2ccccc2Oc2ccccc2)CC1. The van der Waals surface area contributed by atoms with Crippen molar-refractivity contribution in [1.82, 2.24) is 10.2 Å². The highest BCUT2D eigenvalue weighted by Crippen LogP contribution is 2.29. The number of hydrogen-bond donors (Lipinski definition) is 2. The Morgan fingerprint density at radius 2 is 1.79 bits per heavy atom. The number of hydrogen-bond acceptors (Lipinski definition) is 4. The molecule has 5 heteroatoms. The molecule has 1 saturated heterocycles. The average Bonchev–Trinajstić information content (AvgIpc) is 2.74. The van der Waals surface area contributed by atoms with Crippen molar-refractivity contribution >= 4 is 11.6 Å². The van der Waals surface area contributed by atoms with Gasteiger partial charge in [0.25, 0.3) is 0 Å². The molecule has 0 radical (unpaired) electrons. The second-order valence-electron chi connectivity index (χ2n) is 7.39. The Kier molecular flexibility index (Phi) is 7.88. The number of ether oxygens (including phenoxy) is 1. The second kappa shape index (κ2) is 10.8. The van der Waals surface area contributed by atoms with E-state index in [1.54, 1.807) is 0 Å². The molecule has 0 unspecified atom stereocenters. The zero-order valence-electron chi connectivity index (χ0n) is 16.7. The van der Waals surface area contributed by atoms with Crippen LogP contribution in [0.1, 0.15) is 25.7 Å². The van der Waals surface area contributed by atoms with Crippen LogP contribution >= 0.6 is 0 Å². The first-order chi connectivity index (χ1) is 13.7. The van der Waals surface area contributed by atoms with Crippen molar-refractivity contribution in [3.8, 4) is 11.5 Å². The van der Waals surface area contributed by atoms with E-state index in [-0.39, 0.29) is 5.91 Å². The minimum atomic E-state index is 0.0291. The molecule has 2 N–H and O–H groups in total. The lowest BCUT2D eigenvalue weighted by Crippen LogP contribution is -2.36. The average molecular weight is 382 g/mol. The molecule has 0 spiro atoms. The first-order valence-corrected chi connectivity index (χ1v) is 10.2. The smallest absolute Gasteiger partial charge is 0.225 e. The quantitative estimate of drug-likeness (QED) is 0.686. The van der Waals surface area contributed by atoms with Crippen molar-refractivity contribution in [2.75, 3.05) is 38.5 Å². The minimum Gasteiger partial charge on any atom is -0.455 e. The minimum absolute atomic E-state index is 0.0291. The van der Waals surface area contributed by atoms with Crippen LogP contribution in [0.4, 0.5) is 5.69 Å². The van der Waals surface area contributed by atoms with Gasteiger partial charge in [-0.05, 0) is 76.1 Å². The number of para-hydroxylation sites is 3. The summed E-state index contributed by atoms with van der Waals surface area (Å²) in [7, 11) is 2.01. The zero-order valence-corrected chi connectivity index (χ0v) is 16.7. The van der Waals surface area contributed by atoms with Crippen LogP contribution in [0.25, 0.3) is 0 Å². The maximum absolute atomic E-state index is 12.5. The fraction of sp³-hybridized carbons (Fsp3) is 0.435. The van der Waals surface area contributed by atoms with Gasteiger partial charge in [0.2, 0.25) is 5.91 Å². The van der Waals surface area contributed by atoms with Gasteiger partial charge in [-0.3, -0.25) is 4.79 Å². The van der Waals surface area contributed by atoms with Crippen LogP contribution in [-0.2, 0) is 4.79 Å². The third kappa shape index (κ3) is 6.36. The van der Waals surface area contributed by atoms with Crippen LogP contribution in [0.5, 0.6) is 11.5 Å². The summed E-state index contributed by atoms with van der Waals surface area (Å²) < 4.78 is 5.92. The largest absolute Gasteiger partial charge is 0.455 e. The molecule has 150 valence electrons. The van der Waals surface area contributed by atoms with Gasteiger partial charge in [0.15, 0.2) is 5.75 Å². The predicted molar refractivity (Wildman–Crippen MR) is 114 cm³/mol. The topological polar surface area (TPSA) is 53.6 Å². The predicted octanol–water partition coefficient (Wildman–Crippen LogP) is 4.13. The molecular formula is C23H31N3O2. The number of nitrogens with zero attached hydrogens (tertiary/aromatic N) is 1. The van der Waals surface area contributed by atoms with Gasteiger partial charge >= 0.3 is 0 Å². The first-order valence-electron chi connectivity index (χ1n) is 10.2. The molecular weight excluding hydrogens is 350 g/mol. The van der Waals surface area contributed by atoms with Crippen LogP contribution < -0.4 is 15.4 Å². The number of rotatable bonds is 9. The number of nitrogens with one attached hydrogen (secondary N) is 2. The second-order valence-corrected chi connectivity index (χ2v) is 7.39. The monoisotopic (exact) mass is 381 g/mol. The number of carbonyl (C=O) groups is 1. The molecule has 5 nitrogen and oxygen atoms in total. The summed E-state index contributed by atoms with van der Waals surface area (Å²) in [6, 6.07) is 17.2. The fourth-order valence-electron chi connectivity index (χ4n) is 3.59. The van der Waals surface area contributed by atoms with E-state index in [1.807, 2.05) is 61.6 Å². The molecule has 2 aromatic rings. The molecule has 0 bridgehead atoms. The van der Waals surface area contributed by atoms with Gasteiger partial charge < -0.3 is 20.3 Å². The molecule has 0 saturated carbocycles. The molecule has 28 heavy (non-hydrogen) atoms. The van der Waals surface area contributed by atoms with E-state index >= 15 is 0 Å². The van der Waals surface area contributed by atoms with Crippen molar-refractivity contribution < 1.29 is 9.53 Å². The Bertz CT molecular complexity index is 728. The normalized spacial score (nSPS) is 15.3. The number of piperidine rings is 1. The summed E-state index contributed by atoms with van der Waals surface area (Å²) in [5, 5.41) is 6.24. The van der Waals surface area contributed by atoms with Gasteiger partial charge in [0.05, 0.1) is 5.69 Å². The van der Waals surface area contributed by atoms with Gasteiger partial charge in [0, 0.05) is 13.0 Å². The van der Waals surface area contributed by atoms with Crippen molar-refractivity contribution in [2.24, 2.45) is 5.92 Å². The van der Waals surface area contributed by atoms with E-state index in [2.05, 4.69) is 15.5 Å². The third-order valence-corrected chi connectivity index (χ3v) is 5.30. The summed E-state index contributed by atoms with van der Waals surface area (Å²) in [4.78, 5) is 14.9. The molecule has 0 aliphatic carbocycles. The maximum atomic E-state index is 12.5. The van der Waals surface area contributed by atoms with Crippen LogP contribution in [0.3, 0.4) is 0 Å². The number of likely N-dealkylation sites (tertiary alicyclic amines) is 1. The zero-order chi connectivity index (χ0) is 19.6. The summed E-state index contributed by atoms with van der Waals surface area (Å²) in [5.74, 6) is 2.26. The van der Waals surface area contributed by atoms with Crippen LogP contribution in [-0.4, -0.2) is 44.0 Å². The van der Waals surface area contributed by atoms with Gasteiger partial charge in [-0.25, -0.2) is 0 Å². The van der Waals surface area contributed by atoms with E-state index < -0.39 is 0 Å². The molecule has 1 fully saturated rings. The van der Waals surface area contributed by atoms with Crippen LogP contribution in [0.15, 0.2) is 54.6 Å². The van der Waals surface area contributed by atoms with E-state index in [0.717, 1.165) is 37.8 Å². The molecule has 0 atom stereocenters. The summed E-state index contributed by atoms with van der Waals surface area (Å²) >= 11 is 0. The van der Waals surface area contributed by atoms with E-state index in [1.165, 1.54) is 19.3 Å². The Hall–Kier alpha value is -2.37. The Morgan fingerprint density at radius 1 is 1.07 bits per heavy atom. The van der Waals surface area contributed by atoms with Gasteiger partial charge in [-0.15, -0.1) is 0 Å². The molecule has 0 aromatic heterocycles. The van der Waals surface area contributed by atoms with Gasteiger partial charge in [0.1, 0.15) is 5.75 Å². The Morgan fingerprint density at radius 3 is 2.54 bits per heavy atom. The molecule has 1 aliphatic rings. The molecule has 3 rings (SSSR count). The highest BCUT2D eigenvalue weighted by molar-refractivity contribution is 5.92. The highest BCUT2D eigenvalue weighted by Gasteiger charge is 2.19. The Balaban J connectivity index is 1.45. The summed E-state index contributed by atoms with van der Waals surface area (Å²) in [5.41, 5.74) is 0.710. The third-order valence-electron chi connectivity index (χ3n) is 5.30. The summed E-state index contributed by atoms with van der Waals surface area (Å²) in [6.45, 7) is 4.09. The maximum Gasteiger partial charge on any atom is 0.225 e. The van der Waals surface area contributed by atoms with E-state index in [0.29, 0.717) is 17.9 Å². The lowest BCUT2D eigenvalue weighted by atomic mass is 9.93. The lowest BCUT2D eigenvalue weighted by Gasteiger charge is -2.31. The van der Waals surface area contributed by atoms with Gasteiger partial charge in [-0.2, -0.15) is 0 Å². The fourth-order valence-corrected chi connectivity index (χ4v) is 3.59. The van der Waals surface area contributed by atoms with Crippen molar-refractivity contribution in [1.29, 1.82) is 0 Å². The van der Waals surface area contributed by atoms with Crippen molar-refractivity contribution in [2.45, 2.75) is 25.7 Å². The lowest BCUT2D eigenvalue weighted by molar-refractivity contribution is -0.116. The molecule has 1 aliphatic heterocycles. The standard InChI is InChI=1S/C23H31N3O2/c1-24-15-11-19-12-16-26(17-13-19)18-14-23(27)25-21-9-5-6-10-22(21)28-20-7-3-2-4-8-20/h2-10,19,24H,11-18H2,1H3,(H,25,27). The van der Waals surface area contributed by atoms with Crippen LogP contribution in [0.2, 0.25) is 0 Å². The molecule has 2 aromatic carbocycles. The van der Waals surface area contributed by atoms with Gasteiger partial charge in [-0.1, -0.05) is 30.3 Å². The number of carbonyl (C=O) groups excluding carboxylic acids is 1. The number of amides is 1. The summed E-state index contributed by atoms with van der Waals surface area (Å²) in [6.07, 6.45) is 4.22. The molecule has 1 heterocycles. The van der Waals surface area contributed by atoms with E-state index in [9.17, 15) is 4.79 Å². The number of anilines is 1. The van der Waals surface area contributed by atoms with Crippen LogP contribution in [0, 0.1) is 5.92 Å². The number of benzene rings is 2.